The molecule has 0 N–H and O–H groups in total. The van der Waals surface area contributed by atoms with E-state index in [1.165, 1.54) is 5.92 Å². The first-order valence-electron chi connectivity index (χ1n) is 3.87. The van der Waals surface area contributed by atoms with Crippen LogP contribution in [-0.4, -0.2) is 0 Å². The summed E-state index contributed by atoms with van der Waals surface area (Å²) in [6, 6.07) is 0.860. The Morgan fingerprint density at radius 3 is 1.88 bits per heavy atom. The van der Waals surface area contributed by atoms with E-state index < -0.39 is 29.0 Å². The number of hydrogen-bond donors (Lipinski definition) is 0. The molecular weight excluding hydrogens is 234 g/mol. The predicted molar refractivity (Wildman–Crippen MR) is 42.7 cm³/mol. The van der Waals surface area contributed by atoms with Crippen LogP contribution in [0.4, 0.5) is 26.3 Å². The Bertz CT molecular complexity index is 432. The lowest BCUT2D eigenvalue weighted by atomic mass is 10.0. The molecule has 0 aliphatic rings. The minimum Gasteiger partial charge on any atom is -0.166 e. The van der Waals surface area contributed by atoms with E-state index in [-0.39, 0.29) is 6.07 Å². The van der Waals surface area contributed by atoms with Crippen LogP contribution in [-0.2, 0) is 12.4 Å². The number of hydrogen-bond acceptors (Lipinski definition) is 0. The van der Waals surface area contributed by atoms with Crippen molar-refractivity contribution in [3.05, 3.63) is 41.3 Å². The van der Waals surface area contributed by atoms with Crippen LogP contribution in [0.1, 0.15) is 16.7 Å². The summed E-state index contributed by atoms with van der Waals surface area (Å²) in [5, 5.41) is 0. The fourth-order valence-electron chi connectivity index (χ4n) is 1.07. The van der Waals surface area contributed by atoms with E-state index in [9.17, 15) is 26.3 Å². The predicted octanol–water partition coefficient (Wildman–Crippen LogP) is 3.66. The topological polar surface area (TPSA) is 0 Å². The number of rotatable bonds is 0. The van der Waals surface area contributed by atoms with Gasteiger partial charge in [-0.1, -0.05) is 5.92 Å². The molecule has 0 heterocycles. The van der Waals surface area contributed by atoms with Gasteiger partial charge in [0.05, 0.1) is 11.1 Å². The van der Waals surface area contributed by atoms with Crippen LogP contribution >= 0.6 is 0 Å². The number of benzene rings is 1. The molecule has 0 amide bonds. The van der Waals surface area contributed by atoms with Crippen LogP contribution in [0, 0.1) is 12.3 Å². The van der Waals surface area contributed by atoms with Crippen molar-refractivity contribution in [1.29, 1.82) is 0 Å². The Morgan fingerprint density at radius 1 is 0.938 bits per heavy atom. The van der Waals surface area contributed by atoms with Crippen molar-refractivity contribution in [2.75, 3.05) is 0 Å². The van der Waals surface area contributed by atoms with Crippen molar-refractivity contribution < 1.29 is 26.3 Å². The zero-order valence-corrected chi connectivity index (χ0v) is 7.50. The van der Waals surface area contributed by atoms with Gasteiger partial charge in [-0.3, -0.25) is 0 Å². The van der Waals surface area contributed by atoms with Crippen molar-refractivity contribution in [3.63, 3.8) is 0 Å². The Kier molecular flexibility index (Phi) is 2.91. The SMILES string of the molecule is [C]#Cc1cc(C(F)(F)F)ccc1C(F)(F)F. The summed E-state index contributed by atoms with van der Waals surface area (Å²) in [4.78, 5) is 0. The standard InChI is InChI=1S/C10H3F6/c1-2-6-5-7(9(11,12)13)3-4-8(6)10(14,15)16/h3-5H. The van der Waals surface area contributed by atoms with Gasteiger partial charge in [0.1, 0.15) is 0 Å². The highest BCUT2D eigenvalue weighted by molar-refractivity contribution is 5.43. The van der Waals surface area contributed by atoms with E-state index in [1.54, 1.807) is 0 Å². The van der Waals surface area contributed by atoms with Crippen LogP contribution in [0.2, 0.25) is 0 Å². The van der Waals surface area contributed by atoms with Gasteiger partial charge in [-0.05, 0) is 24.6 Å². The molecule has 0 saturated carbocycles. The molecule has 16 heavy (non-hydrogen) atoms. The molecular formula is C10H3F6. The van der Waals surface area contributed by atoms with E-state index in [0.29, 0.717) is 12.1 Å². The van der Waals surface area contributed by atoms with Gasteiger partial charge in [-0.25, -0.2) is 0 Å². The van der Waals surface area contributed by atoms with Crippen molar-refractivity contribution in [2.45, 2.75) is 12.4 Å². The minimum absolute atomic E-state index is 0.246. The van der Waals surface area contributed by atoms with Crippen molar-refractivity contribution in [3.8, 4) is 5.92 Å². The maximum absolute atomic E-state index is 12.3. The third-order valence-electron chi connectivity index (χ3n) is 1.79. The molecule has 0 fully saturated rings. The summed E-state index contributed by atoms with van der Waals surface area (Å²) in [7, 11) is 0. The second-order valence-electron chi connectivity index (χ2n) is 2.88. The Balaban J connectivity index is 3.36. The lowest BCUT2D eigenvalue weighted by molar-refractivity contribution is -0.141. The molecule has 6 heteroatoms. The van der Waals surface area contributed by atoms with Gasteiger partial charge < -0.3 is 0 Å². The number of alkyl halides is 6. The molecule has 0 atom stereocenters. The third-order valence-corrected chi connectivity index (χ3v) is 1.79. The molecule has 0 spiro atoms. The van der Waals surface area contributed by atoms with Gasteiger partial charge in [-0.2, -0.15) is 26.3 Å². The summed E-state index contributed by atoms with van der Waals surface area (Å²) < 4.78 is 73.3. The molecule has 0 saturated heterocycles. The lowest BCUT2D eigenvalue weighted by Crippen LogP contribution is -2.11. The summed E-state index contributed by atoms with van der Waals surface area (Å²) >= 11 is 0. The van der Waals surface area contributed by atoms with E-state index in [1.807, 2.05) is 0 Å². The second-order valence-corrected chi connectivity index (χ2v) is 2.88. The number of halogens is 6. The molecule has 1 aromatic rings. The third kappa shape index (κ3) is 2.48. The van der Waals surface area contributed by atoms with Gasteiger partial charge in [0.15, 0.2) is 0 Å². The molecule has 0 aromatic heterocycles. The fourth-order valence-corrected chi connectivity index (χ4v) is 1.07. The van der Waals surface area contributed by atoms with E-state index >= 15 is 0 Å². The average Bonchev–Trinajstić information content (AvgIpc) is 2.14. The normalized spacial score (nSPS) is 12.3. The first kappa shape index (κ1) is 12.4. The van der Waals surface area contributed by atoms with Gasteiger partial charge in [-0.15, -0.1) is 0 Å². The maximum atomic E-state index is 12.3. The molecule has 0 bridgehead atoms. The minimum atomic E-state index is -4.80. The largest absolute Gasteiger partial charge is 0.417 e. The highest BCUT2D eigenvalue weighted by Crippen LogP contribution is 2.36. The Labute approximate surface area is 86.9 Å². The molecule has 0 unspecified atom stereocenters. The van der Waals surface area contributed by atoms with Crippen molar-refractivity contribution in [1.82, 2.24) is 0 Å². The Hall–Kier alpha value is -1.64. The molecule has 0 nitrogen and oxygen atoms in total. The summed E-state index contributed by atoms with van der Waals surface area (Å²) in [6.07, 6.45) is -2.99. The van der Waals surface area contributed by atoms with Gasteiger partial charge >= 0.3 is 12.4 Å². The van der Waals surface area contributed by atoms with Gasteiger partial charge in [0.25, 0.3) is 0 Å². The van der Waals surface area contributed by atoms with Gasteiger partial charge in [0.2, 0.25) is 0 Å². The Morgan fingerprint density at radius 2 is 1.50 bits per heavy atom. The molecule has 1 aromatic carbocycles. The van der Waals surface area contributed by atoms with E-state index in [4.69, 9.17) is 6.42 Å². The quantitative estimate of drug-likeness (QED) is 0.477. The molecule has 1 rings (SSSR count). The van der Waals surface area contributed by atoms with E-state index in [0.717, 1.165) is 0 Å². The monoisotopic (exact) mass is 237 g/mol. The molecule has 1 radical (unpaired) electrons. The van der Waals surface area contributed by atoms with Crippen molar-refractivity contribution in [2.24, 2.45) is 0 Å². The smallest absolute Gasteiger partial charge is 0.166 e. The zero-order valence-electron chi connectivity index (χ0n) is 7.50. The lowest BCUT2D eigenvalue weighted by Gasteiger charge is -2.12. The van der Waals surface area contributed by atoms with Crippen LogP contribution in [0.15, 0.2) is 18.2 Å². The van der Waals surface area contributed by atoms with Crippen LogP contribution in [0.5, 0.6) is 0 Å². The van der Waals surface area contributed by atoms with E-state index in [2.05, 4.69) is 0 Å². The summed E-state index contributed by atoms with van der Waals surface area (Å²) in [5.41, 5.74) is -3.48. The van der Waals surface area contributed by atoms with Crippen LogP contribution in [0.3, 0.4) is 0 Å². The second kappa shape index (κ2) is 3.74. The molecule has 0 aliphatic carbocycles. The molecule has 0 aliphatic heterocycles. The highest BCUT2D eigenvalue weighted by Gasteiger charge is 2.36. The summed E-state index contributed by atoms with van der Waals surface area (Å²) in [6.45, 7) is 0. The first-order chi connectivity index (χ1) is 7.16. The van der Waals surface area contributed by atoms with Crippen LogP contribution < -0.4 is 0 Å². The van der Waals surface area contributed by atoms with Crippen LogP contribution in [0.25, 0.3) is 0 Å². The van der Waals surface area contributed by atoms with Gasteiger partial charge in [0, 0.05) is 5.56 Å². The molecule has 85 valence electrons. The average molecular weight is 237 g/mol. The maximum Gasteiger partial charge on any atom is 0.417 e. The first-order valence-corrected chi connectivity index (χ1v) is 3.87. The van der Waals surface area contributed by atoms with Crippen molar-refractivity contribution >= 4 is 0 Å². The fraction of sp³-hybridized carbons (Fsp3) is 0.200. The zero-order chi connectivity index (χ0) is 12.6. The summed E-state index contributed by atoms with van der Waals surface area (Å²) in [5.74, 6) is 1.34. The highest BCUT2D eigenvalue weighted by atomic mass is 19.4.